The maximum atomic E-state index is 11.1. The number of ether oxygens (including phenoxy) is 2. The quantitative estimate of drug-likeness (QED) is 0.630. The average Bonchev–Trinajstić information content (AvgIpc) is 2.59. The van der Waals surface area contributed by atoms with Crippen molar-refractivity contribution in [3.8, 4) is 0 Å². The van der Waals surface area contributed by atoms with Crippen LogP contribution in [0.4, 0.5) is 0 Å². The van der Waals surface area contributed by atoms with E-state index < -0.39 is 11.9 Å². The molecular formula is C9H14O4. The SMILES string of the molecule is CC1([C@H]2CC(=O)C[C@@H]2O)OCCO1. The summed E-state index contributed by atoms with van der Waals surface area (Å²) in [6.45, 7) is 2.90. The van der Waals surface area contributed by atoms with Crippen LogP contribution in [0.2, 0.25) is 0 Å². The fraction of sp³-hybridized carbons (Fsp3) is 0.889. The number of aliphatic hydroxyl groups is 1. The van der Waals surface area contributed by atoms with E-state index in [2.05, 4.69) is 0 Å². The predicted molar refractivity (Wildman–Crippen MR) is 44.0 cm³/mol. The molecule has 0 aromatic carbocycles. The lowest BCUT2D eigenvalue weighted by molar-refractivity contribution is -0.197. The summed E-state index contributed by atoms with van der Waals surface area (Å²) < 4.78 is 10.8. The molecule has 0 amide bonds. The average molecular weight is 186 g/mol. The van der Waals surface area contributed by atoms with Gasteiger partial charge in [0.05, 0.1) is 19.3 Å². The van der Waals surface area contributed by atoms with Crippen LogP contribution in [-0.2, 0) is 14.3 Å². The molecule has 0 radical (unpaired) electrons. The summed E-state index contributed by atoms with van der Waals surface area (Å²) in [5, 5.41) is 9.60. The van der Waals surface area contributed by atoms with Crippen molar-refractivity contribution >= 4 is 5.78 Å². The summed E-state index contributed by atoms with van der Waals surface area (Å²) in [5.41, 5.74) is 0. The Morgan fingerprint density at radius 1 is 1.38 bits per heavy atom. The Kier molecular flexibility index (Phi) is 2.14. The van der Waals surface area contributed by atoms with Crippen molar-refractivity contribution in [2.75, 3.05) is 13.2 Å². The van der Waals surface area contributed by atoms with E-state index >= 15 is 0 Å². The molecule has 0 spiro atoms. The van der Waals surface area contributed by atoms with Gasteiger partial charge in [0.2, 0.25) is 0 Å². The number of hydrogen-bond acceptors (Lipinski definition) is 4. The normalized spacial score (nSPS) is 38.5. The lowest BCUT2D eigenvalue weighted by Gasteiger charge is -2.30. The Labute approximate surface area is 76.8 Å². The Hall–Kier alpha value is -0.450. The molecule has 1 aliphatic heterocycles. The van der Waals surface area contributed by atoms with Gasteiger partial charge in [-0.15, -0.1) is 0 Å². The maximum Gasteiger partial charge on any atom is 0.171 e. The first kappa shape index (κ1) is 9.12. The minimum atomic E-state index is -0.744. The third-order valence-electron chi connectivity index (χ3n) is 2.88. The summed E-state index contributed by atoms with van der Waals surface area (Å²) in [4.78, 5) is 11.1. The number of ketones is 1. The van der Waals surface area contributed by atoms with Crippen LogP contribution in [-0.4, -0.2) is 36.0 Å². The predicted octanol–water partition coefficient (Wildman–Crippen LogP) is 0.0894. The minimum Gasteiger partial charge on any atom is -0.392 e. The van der Waals surface area contributed by atoms with Crippen molar-refractivity contribution < 1.29 is 19.4 Å². The summed E-state index contributed by atoms with van der Waals surface area (Å²) in [5.74, 6) is -0.841. The van der Waals surface area contributed by atoms with E-state index in [1.807, 2.05) is 0 Å². The molecule has 74 valence electrons. The van der Waals surface area contributed by atoms with Gasteiger partial charge in [-0.2, -0.15) is 0 Å². The van der Waals surface area contributed by atoms with Crippen LogP contribution < -0.4 is 0 Å². The highest BCUT2D eigenvalue weighted by Crippen LogP contribution is 2.37. The molecule has 0 unspecified atom stereocenters. The molecule has 2 aliphatic rings. The molecule has 1 saturated heterocycles. The Bertz CT molecular complexity index is 220. The highest BCUT2D eigenvalue weighted by molar-refractivity contribution is 5.81. The van der Waals surface area contributed by atoms with E-state index in [4.69, 9.17) is 9.47 Å². The number of aliphatic hydroxyl groups excluding tert-OH is 1. The van der Waals surface area contributed by atoms with Crippen molar-refractivity contribution in [2.24, 2.45) is 5.92 Å². The topological polar surface area (TPSA) is 55.8 Å². The molecule has 0 aromatic heterocycles. The first-order valence-electron chi connectivity index (χ1n) is 4.59. The Morgan fingerprint density at radius 2 is 2.00 bits per heavy atom. The molecule has 4 heteroatoms. The molecule has 2 fully saturated rings. The summed E-state index contributed by atoms with van der Waals surface area (Å²) in [7, 11) is 0. The highest BCUT2D eigenvalue weighted by Gasteiger charge is 2.48. The molecule has 1 heterocycles. The van der Waals surface area contributed by atoms with Gasteiger partial charge in [0.1, 0.15) is 5.78 Å². The summed E-state index contributed by atoms with van der Waals surface area (Å²) in [6, 6.07) is 0. The molecule has 2 rings (SSSR count). The van der Waals surface area contributed by atoms with Crippen LogP contribution in [0.5, 0.6) is 0 Å². The molecule has 0 aromatic rings. The second kappa shape index (κ2) is 3.04. The van der Waals surface area contributed by atoms with E-state index in [0.29, 0.717) is 19.6 Å². The van der Waals surface area contributed by atoms with Gasteiger partial charge >= 0.3 is 0 Å². The molecule has 1 N–H and O–H groups in total. The number of Topliss-reactive ketones (excluding diaryl/α,β-unsaturated/α-hetero) is 1. The summed E-state index contributed by atoms with van der Waals surface area (Å²) >= 11 is 0. The first-order chi connectivity index (χ1) is 6.12. The van der Waals surface area contributed by atoms with Gasteiger partial charge in [0.15, 0.2) is 5.79 Å². The number of hydrogen-bond donors (Lipinski definition) is 1. The third-order valence-corrected chi connectivity index (χ3v) is 2.88. The highest BCUT2D eigenvalue weighted by atomic mass is 16.7. The molecule has 0 bridgehead atoms. The van der Waals surface area contributed by atoms with E-state index in [1.54, 1.807) is 6.92 Å². The Morgan fingerprint density at radius 3 is 2.46 bits per heavy atom. The van der Waals surface area contributed by atoms with Crippen LogP contribution in [0, 0.1) is 5.92 Å². The largest absolute Gasteiger partial charge is 0.392 e. The number of rotatable bonds is 1. The lowest BCUT2D eigenvalue weighted by atomic mass is 9.96. The Balaban J connectivity index is 2.11. The van der Waals surface area contributed by atoms with Crippen molar-refractivity contribution in [3.63, 3.8) is 0 Å². The number of carbonyl (C=O) groups is 1. The maximum absolute atomic E-state index is 11.1. The van der Waals surface area contributed by atoms with Crippen molar-refractivity contribution in [3.05, 3.63) is 0 Å². The smallest absolute Gasteiger partial charge is 0.171 e. The molecule has 1 saturated carbocycles. The molecule has 4 nitrogen and oxygen atoms in total. The summed E-state index contributed by atoms with van der Waals surface area (Å²) in [6.07, 6.45) is 0.0144. The van der Waals surface area contributed by atoms with Gasteiger partial charge in [-0.1, -0.05) is 0 Å². The zero-order chi connectivity index (χ0) is 9.47. The van der Waals surface area contributed by atoms with Gasteiger partial charge in [-0.05, 0) is 6.92 Å². The van der Waals surface area contributed by atoms with Crippen molar-refractivity contribution in [1.82, 2.24) is 0 Å². The van der Waals surface area contributed by atoms with Gasteiger partial charge in [0.25, 0.3) is 0 Å². The van der Waals surface area contributed by atoms with E-state index in [1.165, 1.54) is 0 Å². The van der Waals surface area contributed by atoms with Crippen LogP contribution in [0.3, 0.4) is 0 Å². The zero-order valence-electron chi connectivity index (χ0n) is 7.66. The second-order valence-corrected chi connectivity index (χ2v) is 3.83. The third kappa shape index (κ3) is 1.49. The van der Waals surface area contributed by atoms with Crippen molar-refractivity contribution in [1.29, 1.82) is 0 Å². The van der Waals surface area contributed by atoms with Gasteiger partial charge < -0.3 is 14.6 Å². The van der Waals surface area contributed by atoms with E-state index in [-0.39, 0.29) is 18.1 Å². The lowest BCUT2D eigenvalue weighted by Crippen LogP contribution is -2.40. The van der Waals surface area contributed by atoms with Gasteiger partial charge in [-0.25, -0.2) is 0 Å². The van der Waals surface area contributed by atoms with Crippen LogP contribution in [0.15, 0.2) is 0 Å². The first-order valence-corrected chi connectivity index (χ1v) is 4.59. The zero-order valence-corrected chi connectivity index (χ0v) is 7.66. The molecule has 1 aliphatic carbocycles. The minimum absolute atomic E-state index is 0.0952. The van der Waals surface area contributed by atoms with Gasteiger partial charge in [0, 0.05) is 18.8 Å². The van der Waals surface area contributed by atoms with Gasteiger partial charge in [-0.3, -0.25) is 4.79 Å². The van der Waals surface area contributed by atoms with Crippen LogP contribution >= 0.6 is 0 Å². The number of carbonyl (C=O) groups excluding carboxylic acids is 1. The van der Waals surface area contributed by atoms with Crippen LogP contribution in [0.1, 0.15) is 19.8 Å². The van der Waals surface area contributed by atoms with Crippen molar-refractivity contribution in [2.45, 2.75) is 31.7 Å². The van der Waals surface area contributed by atoms with E-state index in [9.17, 15) is 9.90 Å². The fourth-order valence-electron chi connectivity index (χ4n) is 2.12. The van der Waals surface area contributed by atoms with Crippen LogP contribution in [0.25, 0.3) is 0 Å². The molecule has 2 atom stereocenters. The monoisotopic (exact) mass is 186 g/mol. The fourth-order valence-corrected chi connectivity index (χ4v) is 2.12. The van der Waals surface area contributed by atoms with E-state index in [0.717, 1.165) is 0 Å². The molecular weight excluding hydrogens is 172 g/mol. The standard InChI is InChI=1S/C9H14O4/c1-9(12-2-3-13-9)7-4-6(10)5-8(7)11/h7-8,11H,2-5H2,1H3/t7-,8-/m0/s1. The molecule has 13 heavy (non-hydrogen) atoms. The second-order valence-electron chi connectivity index (χ2n) is 3.83.